The second kappa shape index (κ2) is 5.59. The van der Waals surface area contributed by atoms with Crippen LogP contribution in [0.2, 0.25) is 5.02 Å². The van der Waals surface area contributed by atoms with Crippen LogP contribution in [0.4, 0.5) is 17.1 Å². The summed E-state index contributed by atoms with van der Waals surface area (Å²) in [6, 6.07) is 13.3. The van der Waals surface area contributed by atoms with E-state index in [-0.39, 0.29) is 5.69 Å². The summed E-state index contributed by atoms with van der Waals surface area (Å²) in [5, 5.41) is 20.2. The maximum Gasteiger partial charge on any atom is 0.294 e. The standard InChI is InChI=1S/C14H10ClN3O2/c1-17(11-7-5-10(9-16)6-8-11)14-12(15)3-2-4-13(14)18(19)20/h2-8H,1H3. The number of hydrogen-bond donors (Lipinski definition) is 0. The van der Waals surface area contributed by atoms with Gasteiger partial charge in [0.1, 0.15) is 5.69 Å². The number of nitrogens with zero attached hydrogens (tertiary/aromatic N) is 3. The van der Waals surface area contributed by atoms with E-state index in [1.54, 1.807) is 42.3 Å². The van der Waals surface area contributed by atoms with Crippen molar-refractivity contribution in [2.75, 3.05) is 11.9 Å². The summed E-state index contributed by atoms with van der Waals surface area (Å²) in [6.45, 7) is 0. The summed E-state index contributed by atoms with van der Waals surface area (Å²) in [6.07, 6.45) is 0. The minimum absolute atomic E-state index is 0.0654. The number of halogens is 1. The Balaban J connectivity index is 2.50. The van der Waals surface area contributed by atoms with E-state index < -0.39 is 4.92 Å². The largest absolute Gasteiger partial charge is 0.338 e. The highest BCUT2D eigenvalue weighted by Crippen LogP contribution is 2.38. The Bertz CT molecular complexity index is 693. The predicted molar refractivity (Wildman–Crippen MR) is 77.3 cm³/mol. The van der Waals surface area contributed by atoms with Gasteiger partial charge in [0.25, 0.3) is 5.69 Å². The van der Waals surface area contributed by atoms with E-state index >= 15 is 0 Å². The van der Waals surface area contributed by atoms with Crippen LogP contribution in [0, 0.1) is 21.4 Å². The van der Waals surface area contributed by atoms with Crippen molar-refractivity contribution in [1.82, 2.24) is 0 Å². The van der Waals surface area contributed by atoms with Crippen LogP contribution in [0.5, 0.6) is 0 Å². The van der Waals surface area contributed by atoms with Crippen LogP contribution in [0.25, 0.3) is 0 Å². The number of nitro groups is 1. The topological polar surface area (TPSA) is 70.2 Å². The predicted octanol–water partition coefficient (Wildman–Crippen LogP) is 3.89. The van der Waals surface area contributed by atoms with Gasteiger partial charge in [0, 0.05) is 18.8 Å². The van der Waals surface area contributed by atoms with E-state index in [1.165, 1.54) is 12.1 Å². The first-order chi connectivity index (χ1) is 9.54. The van der Waals surface area contributed by atoms with Crippen LogP contribution in [0.15, 0.2) is 42.5 Å². The average Bonchev–Trinajstić information content (AvgIpc) is 2.46. The number of nitriles is 1. The first-order valence-corrected chi connectivity index (χ1v) is 6.09. The molecular weight excluding hydrogens is 278 g/mol. The molecule has 0 spiro atoms. The highest BCUT2D eigenvalue weighted by atomic mass is 35.5. The summed E-state index contributed by atoms with van der Waals surface area (Å²) in [5.41, 5.74) is 1.49. The zero-order valence-corrected chi connectivity index (χ0v) is 11.3. The monoisotopic (exact) mass is 287 g/mol. The zero-order chi connectivity index (χ0) is 14.7. The Hall–Kier alpha value is -2.58. The number of rotatable bonds is 3. The molecule has 0 N–H and O–H groups in total. The van der Waals surface area contributed by atoms with Crippen molar-refractivity contribution >= 4 is 28.7 Å². The van der Waals surface area contributed by atoms with Crippen molar-refractivity contribution < 1.29 is 4.92 Å². The van der Waals surface area contributed by atoms with Gasteiger partial charge in [-0.3, -0.25) is 10.1 Å². The van der Waals surface area contributed by atoms with E-state index in [4.69, 9.17) is 16.9 Å². The van der Waals surface area contributed by atoms with E-state index in [0.717, 1.165) is 0 Å². The average molecular weight is 288 g/mol. The van der Waals surface area contributed by atoms with Gasteiger partial charge in [-0.25, -0.2) is 0 Å². The molecule has 0 saturated carbocycles. The molecule has 0 heterocycles. The van der Waals surface area contributed by atoms with Gasteiger partial charge in [-0.2, -0.15) is 5.26 Å². The van der Waals surface area contributed by atoms with Crippen LogP contribution >= 0.6 is 11.6 Å². The molecular formula is C14H10ClN3O2. The molecule has 0 aliphatic heterocycles. The molecule has 0 saturated heterocycles. The zero-order valence-electron chi connectivity index (χ0n) is 10.6. The molecule has 2 rings (SSSR count). The van der Waals surface area contributed by atoms with Crippen LogP contribution in [-0.4, -0.2) is 12.0 Å². The molecule has 2 aromatic carbocycles. The summed E-state index contributed by atoms with van der Waals surface area (Å²) >= 11 is 6.08. The smallest absolute Gasteiger partial charge is 0.294 e. The molecule has 100 valence electrons. The quantitative estimate of drug-likeness (QED) is 0.634. The number of benzene rings is 2. The molecule has 0 aromatic heterocycles. The van der Waals surface area contributed by atoms with Crippen molar-refractivity contribution in [3.05, 3.63) is 63.2 Å². The molecule has 5 nitrogen and oxygen atoms in total. The fraction of sp³-hybridized carbons (Fsp3) is 0.0714. The van der Waals surface area contributed by atoms with Crippen LogP contribution in [0.1, 0.15) is 5.56 Å². The number of hydrogen-bond acceptors (Lipinski definition) is 4. The van der Waals surface area contributed by atoms with Crippen LogP contribution < -0.4 is 4.90 Å². The molecule has 0 fully saturated rings. The molecule has 0 aliphatic carbocycles. The van der Waals surface area contributed by atoms with Gasteiger partial charge < -0.3 is 4.90 Å². The Kier molecular flexibility index (Phi) is 3.87. The third kappa shape index (κ3) is 2.56. The Morgan fingerprint density at radius 1 is 1.25 bits per heavy atom. The Morgan fingerprint density at radius 3 is 2.45 bits per heavy atom. The van der Waals surface area contributed by atoms with Crippen molar-refractivity contribution in [2.45, 2.75) is 0 Å². The summed E-state index contributed by atoms with van der Waals surface area (Å²) in [7, 11) is 1.69. The van der Waals surface area contributed by atoms with Gasteiger partial charge in [-0.1, -0.05) is 17.7 Å². The van der Waals surface area contributed by atoms with Crippen molar-refractivity contribution in [1.29, 1.82) is 5.26 Å². The van der Waals surface area contributed by atoms with E-state index in [0.29, 0.717) is 22.0 Å². The maximum atomic E-state index is 11.1. The molecule has 20 heavy (non-hydrogen) atoms. The molecule has 6 heteroatoms. The molecule has 0 unspecified atom stereocenters. The maximum absolute atomic E-state index is 11.1. The van der Waals surface area contributed by atoms with Gasteiger partial charge in [-0.05, 0) is 30.3 Å². The number of anilines is 2. The fourth-order valence-corrected chi connectivity index (χ4v) is 2.17. The van der Waals surface area contributed by atoms with E-state index in [9.17, 15) is 10.1 Å². The lowest BCUT2D eigenvalue weighted by Crippen LogP contribution is -2.12. The molecule has 0 aliphatic rings. The normalized spacial score (nSPS) is 9.85. The third-order valence-electron chi connectivity index (χ3n) is 2.88. The lowest BCUT2D eigenvalue weighted by molar-refractivity contribution is -0.384. The second-order valence-electron chi connectivity index (χ2n) is 4.08. The van der Waals surface area contributed by atoms with Gasteiger partial charge in [0.05, 0.1) is 21.6 Å². The van der Waals surface area contributed by atoms with E-state index in [1.807, 2.05) is 6.07 Å². The SMILES string of the molecule is CN(c1ccc(C#N)cc1)c1c(Cl)cccc1[N+](=O)[O-]. The lowest BCUT2D eigenvalue weighted by atomic mass is 10.2. The minimum Gasteiger partial charge on any atom is -0.338 e. The molecule has 2 aromatic rings. The molecule has 0 atom stereocenters. The first-order valence-electron chi connectivity index (χ1n) is 5.71. The summed E-state index contributed by atoms with van der Waals surface area (Å²) < 4.78 is 0. The second-order valence-corrected chi connectivity index (χ2v) is 4.49. The van der Waals surface area contributed by atoms with E-state index in [2.05, 4.69) is 0 Å². The number of nitro benzene ring substituents is 1. The summed E-state index contributed by atoms with van der Waals surface area (Å²) in [4.78, 5) is 12.2. The molecule has 0 bridgehead atoms. The van der Waals surface area contributed by atoms with Gasteiger partial charge >= 0.3 is 0 Å². The van der Waals surface area contributed by atoms with Gasteiger partial charge in [-0.15, -0.1) is 0 Å². The number of para-hydroxylation sites is 1. The van der Waals surface area contributed by atoms with Crippen molar-refractivity contribution in [3.63, 3.8) is 0 Å². The molecule has 0 amide bonds. The minimum atomic E-state index is -0.471. The first kappa shape index (κ1) is 13.8. The molecule has 0 radical (unpaired) electrons. The van der Waals surface area contributed by atoms with Gasteiger partial charge in [0.2, 0.25) is 0 Å². The van der Waals surface area contributed by atoms with Crippen LogP contribution in [-0.2, 0) is 0 Å². The Labute approximate surface area is 120 Å². The van der Waals surface area contributed by atoms with Gasteiger partial charge in [0.15, 0.2) is 0 Å². The highest BCUT2D eigenvalue weighted by molar-refractivity contribution is 6.34. The Morgan fingerprint density at radius 2 is 1.90 bits per heavy atom. The van der Waals surface area contributed by atoms with Crippen molar-refractivity contribution in [3.8, 4) is 6.07 Å². The van der Waals surface area contributed by atoms with Crippen molar-refractivity contribution in [2.24, 2.45) is 0 Å². The van der Waals surface area contributed by atoms with Crippen LogP contribution in [0.3, 0.4) is 0 Å². The highest BCUT2D eigenvalue weighted by Gasteiger charge is 2.21. The third-order valence-corrected chi connectivity index (χ3v) is 3.19. The summed E-state index contributed by atoms with van der Waals surface area (Å²) in [5.74, 6) is 0. The fourth-order valence-electron chi connectivity index (χ4n) is 1.87. The lowest BCUT2D eigenvalue weighted by Gasteiger charge is -2.20.